The summed E-state index contributed by atoms with van der Waals surface area (Å²) >= 11 is 3.44. The van der Waals surface area contributed by atoms with Gasteiger partial charge in [-0.3, -0.25) is 9.97 Å². The van der Waals surface area contributed by atoms with Crippen LogP contribution in [0.25, 0.3) is 0 Å². The van der Waals surface area contributed by atoms with Crippen molar-refractivity contribution in [2.45, 2.75) is 11.5 Å². The van der Waals surface area contributed by atoms with Gasteiger partial charge < -0.3 is 21.3 Å². The lowest BCUT2D eigenvalue weighted by molar-refractivity contribution is 0.534. The normalized spacial score (nSPS) is 11.6. The van der Waals surface area contributed by atoms with E-state index in [0.717, 1.165) is 34.4 Å². The van der Waals surface area contributed by atoms with Crippen LogP contribution in [0.2, 0.25) is 0 Å². The summed E-state index contributed by atoms with van der Waals surface area (Å²) < 4.78 is 0. The molecule has 0 atom stereocenters. The van der Waals surface area contributed by atoms with Crippen molar-refractivity contribution < 1.29 is 0 Å². The van der Waals surface area contributed by atoms with E-state index in [-0.39, 0.29) is 11.9 Å². The van der Waals surface area contributed by atoms with E-state index in [9.17, 15) is 0 Å². The van der Waals surface area contributed by atoms with Crippen LogP contribution in [0.15, 0.2) is 22.4 Å². The van der Waals surface area contributed by atoms with Crippen molar-refractivity contribution in [1.82, 2.24) is 19.8 Å². The number of nitrogens with zero attached hydrogens (tertiary/aromatic N) is 8. The van der Waals surface area contributed by atoms with Crippen LogP contribution in [-0.4, -0.2) is 70.4 Å². The van der Waals surface area contributed by atoms with Crippen LogP contribution in [0.3, 0.4) is 0 Å². The predicted octanol–water partition coefficient (Wildman–Crippen LogP) is 0.398. The molecule has 0 aliphatic rings. The van der Waals surface area contributed by atoms with Gasteiger partial charge in [0.05, 0.1) is 11.4 Å². The SMILES string of the molecule is CN(CCSCc1nccnc1CSCCN(C)C(N)=NC#N)C(N)=NC#N. The molecular weight excluding hydrogens is 396 g/mol. The van der Waals surface area contributed by atoms with E-state index in [1.807, 2.05) is 0 Å². The van der Waals surface area contributed by atoms with E-state index in [2.05, 4.69) is 20.0 Å². The molecule has 10 nitrogen and oxygen atoms in total. The number of rotatable bonds is 10. The highest BCUT2D eigenvalue weighted by atomic mass is 32.2. The first-order valence-electron chi connectivity index (χ1n) is 8.30. The van der Waals surface area contributed by atoms with Crippen LogP contribution in [0, 0.1) is 22.9 Å². The number of nitrogens with two attached hydrogens (primary N) is 2. The molecule has 0 spiro atoms. The van der Waals surface area contributed by atoms with Crippen LogP contribution in [0.4, 0.5) is 0 Å². The number of nitriles is 2. The van der Waals surface area contributed by atoms with Gasteiger partial charge in [0.1, 0.15) is 0 Å². The van der Waals surface area contributed by atoms with Crippen molar-refractivity contribution in [3.63, 3.8) is 0 Å². The van der Waals surface area contributed by atoms with Crippen LogP contribution in [0.1, 0.15) is 11.4 Å². The first kappa shape index (κ1) is 23.3. The number of hydrogen-bond acceptors (Lipinski definition) is 8. The van der Waals surface area contributed by atoms with E-state index >= 15 is 0 Å². The van der Waals surface area contributed by atoms with Crippen molar-refractivity contribution in [1.29, 1.82) is 10.5 Å². The fourth-order valence-electron chi connectivity index (χ4n) is 1.88. The lowest BCUT2D eigenvalue weighted by Gasteiger charge is -2.17. The Kier molecular flexibility index (Phi) is 11.2. The molecule has 0 fully saturated rings. The van der Waals surface area contributed by atoms with Gasteiger partial charge >= 0.3 is 0 Å². The highest BCUT2D eigenvalue weighted by Gasteiger charge is 2.08. The molecule has 0 unspecified atom stereocenters. The zero-order valence-electron chi connectivity index (χ0n) is 15.9. The Morgan fingerprint density at radius 3 is 1.68 bits per heavy atom. The van der Waals surface area contributed by atoms with Gasteiger partial charge in [-0.25, -0.2) is 0 Å². The van der Waals surface area contributed by atoms with Gasteiger partial charge in [-0.1, -0.05) is 0 Å². The zero-order chi connectivity index (χ0) is 20.8. The van der Waals surface area contributed by atoms with Gasteiger partial charge in [-0.15, -0.1) is 9.98 Å². The second-order valence-corrected chi connectivity index (χ2v) is 7.75. The number of thioether (sulfide) groups is 2. The van der Waals surface area contributed by atoms with Crippen molar-refractivity contribution >= 4 is 35.4 Å². The molecule has 0 aliphatic carbocycles. The highest BCUT2D eigenvalue weighted by molar-refractivity contribution is 7.98. The summed E-state index contributed by atoms with van der Waals surface area (Å²) in [7, 11) is 3.60. The Bertz CT molecular complexity index is 690. The molecule has 0 aliphatic heterocycles. The van der Waals surface area contributed by atoms with Crippen LogP contribution in [0.5, 0.6) is 0 Å². The molecule has 1 heterocycles. The molecule has 1 rings (SSSR count). The minimum absolute atomic E-state index is 0.213. The quantitative estimate of drug-likeness (QED) is 0.235. The Balaban J connectivity index is 2.40. The molecule has 28 heavy (non-hydrogen) atoms. The third-order valence-corrected chi connectivity index (χ3v) is 5.49. The van der Waals surface area contributed by atoms with Gasteiger partial charge in [0.25, 0.3) is 0 Å². The van der Waals surface area contributed by atoms with E-state index in [4.69, 9.17) is 22.0 Å². The maximum absolute atomic E-state index is 8.51. The second-order valence-electron chi connectivity index (χ2n) is 5.54. The van der Waals surface area contributed by atoms with Gasteiger partial charge in [0.2, 0.25) is 24.3 Å². The van der Waals surface area contributed by atoms with Crippen molar-refractivity contribution in [2.75, 3.05) is 38.7 Å². The largest absolute Gasteiger partial charge is 0.369 e. The molecule has 0 saturated carbocycles. The van der Waals surface area contributed by atoms with Gasteiger partial charge in [-0.05, 0) is 0 Å². The topological polar surface area (TPSA) is 157 Å². The molecule has 12 heteroatoms. The number of hydrogen-bond donors (Lipinski definition) is 2. The van der Waals surface area contributed by atoms with Gasteiger partial charge in [0, 0.05) is 62.6 Å². The predicted molar refractivity (Wildman–Crippen MR) is 114 cm³/mol. The summed E-state index contributed by atoms with van der Waals surface area (Å²) in [6.07, 6.45) is 6.75. The average Bonchev–Trinajstić information content (AvgIpc) is 2.69. The first-order valence-corrected chi connectivity index (χ1v) is 10.6. The summed E-state index contributed by atoms with van der Waals surface area (Å²) in [5.41, 5.74) is 13.2. The Morgan fingerprint density at radius 2 is 1.32 bits per heavy atom. The van der Waals surface area contributed by atoms with Crippen molar-refractivity contribution in [3.05, 3.63) is 23.8 Å². The fourth-order valence-corrected chi connectivity index (χ4v) is 3.84. The molecule has 1 aromatic heterocycles. The molecule has 0 aromatic carbocycles. The molecule has 4 N–H and O–H groups in total. The van der Waals surface area contributed by atoms with E-state index < -0.39 is 0 Å². The van der Waals surface area contributed by atoms with E-state index in [0.29, 0.717) is 13.1 Å². The monoisotopic (exact) mass is 420 g/mol. The van der Waals surface area contributed by atoms with Gasteiger partial charge in [0.15, 0.2) is 0 Å². The second kappa shape index (κ2) is 13.5. The third kappa shape index (κ3) is 8.79. The standard InChI is InChI=1S/C16H24N10S2/c1-25(15(19)23-11-17)5-7-27-9-13-14(22-4-3-21-13)10-28-8-6-26(2)16(20)24-12-18/h3-4H,5-10H2,1-2H3,(H2,19,23)(H2,20,24). The third-order valence-electron chi connectivity index (χ3n) is 3.59. The Hall–Kier alpha value is -2.70. The number of aliphatic imine (C=N–C) groups is 2. The number of aromatic nitrogens is 2. The molecular formula is C16H24N10S2. The average molecular weight is 421 g/mol. The van der Waals surface area contributed by atoms with Crippen molar-refractivity contribution in [3.8, 4) is 12.4 Å². The first-order chi connectivity index (χ1) is 13.5. The van der Waals surface area contributed by atoms with Gasteiger partial charge in [-0.2, -0.15) is 34.0 Å². The van der Waals surface area contributed by atoms with Crippen LogP contribution < -0.4 is 11.5 Å². The Labute approximate surface area is 173 Å². The number of guanidine groups is 2. The minimum Gasteiger partial charge on any atom is -0.369 e. The van der Waals surface area contributed by atoms with E-state index in [1.165, 1.54) is 0 Å². The molecule has 1 aromatic rings. The maximum Gasteiger partial charge on any atom is 0.209 e. The molecule has 150 valence electrons. The smallest absolute Gasteiger partial charge is 0.209 e. The lowest BCUT2D eigenvalue weighted by Crippen LogP contribution is -2.35. The summed E-state index contributed by atoms with van der Waals surface area (Å²) in [4.78, 5) is 19.4. The molecule has 0 bridgehead atoms. The van der Waals surface area contributed by atoms with E-state index in [1.54, 1.807) is 72.2 Å². The Morgan fingerprint density at radius 1 is 0.929 bits per heavy atom. The molecule has 0 amide bonds. The van der Waals surface area contributed by atoms with Crippen LogP contribution in [-0.2, 0) is 11.5 Å². The molecule has 0 saturated heterocycles. The lowest BCUT2D eigenvalue weighted by atomic mass is 10.3. The summed E-state index contributed by atoms with van der Waals surface area (Å²) in [6.45, 7) is 1.37. The summed E-state index contributed by atoms with van der Waals surface area (Å²) in [6, 6.07) is 0. The zero-order valence-corrected chi connectivity index (χ0v) is 17.6. The maximum atomic E-state index is 8.51. The molecule has 0 radical (unpaired) electrons. The summed E-state index contributed by atoms with van der Waals surface area (Å²) in [5, 5.41) is 17.0. The summed E-state index contributed by atoms with van der Waals surface area (Å²) in [5.74, 6) is 3.56. The van der Waals surface area contributed by atoms with Crippen LogP contribution >= 0.6 is 23.5 Å². The minimum atomic E-state index is 0.213. The highest BCUT2D eigenvalue weighted by Crippen LogP contribution is 2.17. The fraction of sp³-hybridized carbons (Fsp3) is 0.500. The van der Waals surface area contributed by atoms with Crippen molar-refractivity contribution in [2.24, 2.45) is 21.5 Å².